The predicted octanol–water partition coefficient (Wildman–Crippen LogP) is 6.97. The lowest BCUT2D eigenvalue weighted by atomic mass is 10.1. The van der Waals surface area contributed by atoms with Gasteiger partial charge in [-0.05, 0) is 42.5 Å². The fourth-order valence-corrected chi connectivity index (χ4v) is 2.84. The lowest BCUT2D eigenvalue weighted by Crippen LogP contribution is -1.97. The van der Waals surface area contributed by atoms with Crippen LogP contribution >= 0.6 is 0 Å². The van der Waals surface area contributed by atoms with E-state index in [2.05, 4.69) is 24.8 Å². The summed E-state index contributed by atoms with van der Waals surface area (Å²) >= 11 is 0. The van der Waals surface area contributed by atoms with Crippen LogP contribution in [0.25, 0.3) is 12.2 Å². The number of ether oxygens (including phenoxy) is 1. The number of carbonyl (C=O) groups is 1. The zero-order valence-electron chi connectivity index (χ0n) is 16.1. The topological polar surface area (TPSA) is 26.3 Å². The Labute approximate surface area is 163 Å². The Morgan fingerprint density at radius 3 is 1.81 bits per heavy atom. The molecule has 2 nitrogen and oxygen atoms in total. The molecule has 0 aliphatic carbocycles. The van der Waals surface area contributed by atoms with Gasteiger partial charge in [0.15, 0.2) is 0 Å². The standard InChI is InChI=1S/C25H30O2/c1-2-3-4-5-6-7-8-9-20-27-25-18-16-23(17-19-25)11-10-22-12-14-24(21-26)15-13-22/h2,10-19,21H,1,3-9,20H2/b11-10+. The first-order chi connectivity index (χ1) is 13.3. The molecule has 2 heteroatoms. The lowest BCUT2D eigenvalue weighted by molar-refractivity contribution is 0.112. The van der Waals surface area contributed by atoms with Gasteiger partial charge < -0.3 is 4.74 Å². The van der Waals surface area contributed by atoms with Crippen molar-refractivity contribution in [3.05, 3.63) is 77.9 Å². The average Bonchev–Trinajstić information content (AvgIpc) is 2.72. The molecule has 2 aromatic carbocycles. The summed E-state index contributed by atoms with van der Waals surface area (Å²) in [6.45, 7) is 4.53. The van der Waals surface area contributed by atoms with Crippen LogP contribution in [0, 0.1) is 0 Å². The fraction of sp³-hybridized carbons (Fsp3) is 0.320. The van der Waals surface area contributed by atoms with E-state index in [0.29, 0.717) is 5.56 Å². The van der Waals surface area contributed by atoms with Crippen LogP contribution in [-0.2, 0) is 0 Å². The molecule has 27 heavy (non-hydrogen) atoms. The number of rotatable bonds is 13. The summed E-state index contributed by atoms with van der Waals surface area (Å²) in [7, 11) is 0. The molecule has 0 unspecified atom stereocenters. The number of hydrogen-bond donors (Lipinski definition) is 0. The van der Waals surface area contributed by atoms with Crippen molar-refractivity contribution in [2.75, 3.05) is 6.61 Å². The predicted molar refractivity (Wildman–Crippen MR) is 115 cm³/mol. The number of allylic oxidation sites excluding steroid dienone is 1. The Balaban J connectivity index is 1.65. The van der Waals surface area contributed by atoms with Gasteiger partial charge in [-0.15, -0.1) is 6.58 Å². The van der Waals surface area contributed by atoms with E-state index in [0.717, 1.165) is 42.6 Å². The molecule has 2 rings (SSSR count). The SMILES string of the molecule is C=CCCCCCCCCOc1ccc(/C=C/c2ccc(C=O)cc2)cc1. The van der Waals surface area contributed by atoms with Gasteiger partial charge in [0, 0.05) is 5.56 Å². The molecular weight excluding hydrogens is 332 g/mol. The molecule has 0 saturated carbocycles. The maximum absolute atomic E-state index is 10.7. The van der Waals surface area contributed by atoms with Gasteiger partial charge in [0.1, 0.15) is 12.0 Å². The third-order valence-electron chi connectivity index (χ3n) is 4.49. The minimum absolute atomic E-state index is 0.696. The number of hydrogen-bond acceptors (Lipinski definition) is 2. The van der Waals surface area contributed by atoms with Gasteiger partial charge in [-0.3, -0.25) is 4.79 Å². The van der Waals surface area contributed by atoms with Crippen LogP contribution in [0.4, 0.5) is 0 Å². The maximum Gasteiger partial charge on any atom is 0.150 e. The van der Waals surface area contributed by atoms with E-state index in [9.17, 15) is 4.79 Å². The second-order valence-electron chi connectivity index (χ2n) is 6.73. The molecule has 0 atom stereocenters. The molecule has 0 aliphatic heterocycles. The molecule has 0 N–H and O–H groups in total. The number of aldehydes is 1. The first kappa shape index (κ1) is 20.7. The quantitative estimate of drug-likeness (QED) is 0.166. The van der Waals surface area contributed by atoms with Crippen LogP contribution in [0.1, 0.15) is 66.4 Å². The average molecular weight is 363 g/mol. The van der Waals surface area contributed by atoms with E-state index in [-0.39, 0.29) is 0 Å². The first-order valence-corrected chi connectivity index (χ1v) is 9.89. The molecule has 0 amide bonds. The van der Waals surface area contributed by atoms with Gasteiger partial charge in [0.2, 0.25) is 0 Å². The first-order valence-electron chi connectivity index (χ1n) is 9.89. The van der Waals surface area contributed by atoms with Crippen molar-refractivity contribution in [3.63, 3.8) is 0 Å². The molecule has 0 saturated heterocycles. The Hall–Kier alpha value is -2.61. The minimum Gasteiger partial charge on any atom is -0.494 e. The van der Waals surface area contributed by atoms with Gasteiger partial charge in [0.05, 0.1) is 6.61 Å². The molecule has 0 radical (unpaired) electrons. The highest BCUT2D eigenvalue weighted by Crippen LogP contribution is 2.16. The number of carbonyl (C=O) groups excluding carboxylic acids is 1. The van der Waals surface area contributed by atoms with Gasteiger partial charge >= 0.3 is 0 Å². The molecule has 0 spiro atoms. The van der Waals surface area contributed by atoms with Crippen LogP contribution in [0.5, 0.6) is 5.75 Å². The van der Waals surface area contributed by atoms with Crippen molar-refractivity contribution < 1.29 is 9.53 Å². The van der Waals surface area contributed by atoms with E-state index >= 15 is 0 Å². The van der Waals surface area contributed by atoms with Crippen molar-refractivity contribution in [3.8, 4) is 5.75 Å². The van der Waals surface area contributed by atoms with E-state index < -0.39 is 0 Å². The highest BCUT2D eigenvalue weighted by Gasteiger charge is 1.96. The zero-order chi connectivity index (χ0) is 19.2. The Bertz CT molecular complexity index is 696. The van der Waals surface area contributed by atoms with Gasteiger partial charge in [-0.25, -0.2) is 0 Å². The van der Waals surface area contributed by atoms with E-state index in [1.165, 1.54) is 32.1 Å². The van der Waals surface area contributed by atoms with Crippen LogP contribution in [0.15, 0.2) is 61.2 Å². The molecule has 0 fully saturated rings. The van der Waals surface area contributed by atoms with E-state index in [1.807, 2.05) is 48.6 Å². The second-order valence-corrected chi connectivity index (χ2v) is 6.73. The number of unbranched alkanes of at least 4 members (excludes halogenated alkanes) is 6. The summed E-state index contributed by atoms with van der Waals surface area (Å²) in [5.41, 5.74) is 2.90. The van der Waals surface area contributed by atoms with Crippen molar-refractivity contribution in [1.29, 1.82) is 0 Å². The monoisotopic (exact) mass is 362 g/mol. The minimum atomic E-state index is 0.696. The Kier molecular flexibility index (Phi) is 9.73. The summed E-state index contributed by atoms with van der Waals surface area (Å²) < 4.78 is 5.82. The van der Waals surface area contributed by atoms with E-state index in [1.54, 1.807) is 0 Å². The van der Waals surface area contributed by atoms with Gasteiger partial charge in [-0.1, -0.05) is 80.3 Å². The largest absolute Gasteiger partial charge is 0.494 e. The molecule has 2 aromatic rings. The maximum atomic E-state index is 10.7. The summed E-state index contributed by atoms with van der Waals surface area (Å²) in [5, 5.41) is 0. The summed E-state index contributed by atoms with van der Waals surface area (Å²) in [6, 6.07) is 15.7. The highest BCUT2D eigenvalue weighted by atomic mass is 16.5. The second kappa shape index (κ2) is 12.7. The molecule has 0 aliphatic rings. The summed E-state index contributed by atoms with van der Waals surface area (Å²) in [6.07, 6.45) is 15.6. The van der Waals surface area contributed by atoms with Crippen molar-refractivity contribution in [2.24, 2.45) is 0 Å². The zero-order valence-corrected chi connectivity index (χ0v) is 16.1. The number of benzene rings is 2. The van der Waals surface area contributed by atoms with Crippen LogP contribution in [-0.4, -0.2) is 12.9 Å². The lowest BCUT2D eigenvalue weighted by Gasteiger charge is -2.06. The van der Waals surface area contributed by atoms with Crippen LogP contribution in [0.3, 0.4) is 0 Å². The normalized spacial score (nSPS) is 10.8. The summed E-state index contributed by atoms with van der Waals surface area (Å²) in [4.78, 5) is 10.7. The summed E-state index contributed by atoms with van der Waals surface area (Å²) in [5.74, 6) is 0.925. The van der Waals surface area contributed by atoms with Gasteiger partial charge in [-0.2, -0.15) is 0 Å². The molecule has 0 aromatic heterocycles. The Morgan fingerprint density at radius 1 is 0.704 bits per heavy atom. The van der Waals surface area contributed by atoms with Gasteiger partial charge in [0.25, 0.3) is 0 Å². The fourth-order valence-electron chi connectivity index (χ4n) is 2.84. The smallest absolute Gasteiger partial charge is 0.150 e. The third kappa shape index (κ3) is 8.54. The van der Waals surface area contributed by atoms with E-state index in [4.69, 9.17) is 4.74 Å². The molecule has 0 heterocycles. The van der Waals surface area contributed by atoms with Crippen LogP contribution in [0.2, 0.25) is 0 Å². The van der Waals surface area contributed by atoms with Crippen molar-refractivity contribution in [1.82, 2.24) is 0 Å². The highest BCUT2D eigenvalue weighted by molar-refractivity contribution is 5.76. The Morgan fingerprint density at radius 2 is 1.22 bits per heavy atom. The molecule has 142 valence electrons. The third-order valence-corrected chi connectivity index (χ3v) is 4.49. The van der Waals surface area contributed by atoms with Crippen molar-refractivity contribution >= 4 is 18.4 Å². The molecular formula is C25H30O2. The van der Waals surface area contributed by atoms with Crippen LogP contribution < -0.4 is 4.74 Å². The van der Waals surface area contributed by atoms with Crippen molar-refractivity contribution in [2.45, 2.75) is 44.9 Å². The molecule has 0 bridgehead atoms.